The van der Waals surface area contributed by atoms with Crippen LogP contribution in [0.3, 0.4) is 0 Å². The Morgan fingerprint density at radius 2 is 2.43 bits per heavy atom. The topological polar surface area (TPSA) is 62.4 Å². The molecule has 0 saturated carbocycles. The largest absolute Gasteiger partial charge is 0.391 e. The highest BCUT2D eigenvalue weighted by molar-refractivity contribution is 5.45. The van der Waals surface area contributed by atoms with Crippen molar-refractivity contribution < 1.29 is 5.11 Å². The van der Waals surface area contributed by atoms with E-state index in [1.807, 2.05) is 18.3 Å². The molecule has 2 rings (SSSR count). The zero-order valence-corrected chi connectivity index (χ0v) is 8.06. The number of aliphatic hydroxyl groups is 1. The Morgan fingerprint density at radius 3 is 2.93 bits per heavy atom. The molecule has 4 heteroatoms. The van der Waals surface area contributed by atoms with Gasteiger partial charge in [-0.2, -0.15) is 0 Å². The van der Waals surface area contributed by atoms with Crippen LogP contribution in [0.4, 0.5) is 5.69 Å². The van der Waals surface area contributed by atoms with Crippen LogP contribution in [-0.2, 0) is 6.54 Å². The van der Waals surface area contributed by atoms with Crippen molar-refractivity contribution in [3.8, 4) is 0 Å². The van der Waals surface area contributed by atoms with E-state index >= 15 is 0 Å². The molecule has 0 aliphatic carbocycles. The lowest BCUT2D eigenvalue weighted by Gasteiger charge is -2.17. The van der Waals surface area contributed by atoms with Gasteiger partial charge in [-0.25, -0.2) is 0 Å². The van der Waals surface area contributed by atoms with Crippen LogP contribution in [0.25, 0.3) is 0 Å². The van der Waals surface area contributed by atoms with E-state index in [1.165, 1.54) is 0 Å². The smallest absolute Gasteiger partial charge is 0.0731 e. The summed E-state index contributed by atoms with van der Waals surface area (Å²) in [5, 5.41) is 9.38. The summed E-state index contributed by atoms with van der Waals surface area (Å²) >= 11 is 0. The van der Waals surface area contributed by atoms with Gasteiger partial charge in [-0.1, -0.05) is 0 Å². The maximum atomic E-state index is 9.38. The molecule has 0 radical (unpaired) electrons. The minimum Gasteiger partial charge on any atom is -0.391 e. The van der Waals surface area contributed by atoms with Crippen LogP contribution in [-0.4, -0.2) is 29.3 Å². The van der Waals surface area contributed by atoms with Gasteiger partial charge in [0, 0.05) is 19.6 Å². The van der Waals surface area contributed by atoms with E-state index in [-0.39, 0.29) is 6.10 Å². The fraction of sp³-hybridized carbons (Fsp3) is 0.500. The van der Waals surface area contributed by atoms with Gasteiger partial charge in [0.15, 0.2) is 0 Å². The van der Waals surface area contributed by atoms with Gasteiger partial charge in [-0.15, -0.1) is 0 Å². The third-order valence-electron chi connectivity index (χ3n) is 2.55. The molecule has 4 nitrogen and oxygen atoms in total. The fourth-order valence-corrected chi connectivity index (χ4v) is 1.70. The molecule has 1 aromatic rings. The van der Waals surface area contributed by atoms with Crippen molar-refractivity contribution in [2.24, 2.45) is 5.73 Å². The molecule has 0 aromatic carbocycles. The van der Waals surface area contributed by atoms with E-state index in [2.05, 4.69) is 9.88 Å². The SMILES string of the molecule is NCc1ccc(N2CCC(O)C2)cn1. The normalized spacial score (nSPS) is 21.6. The molecule has 0 amide bonds. The molecular formula is C10H15N3O. The molecule has 1 aliphatic heterocycles. The number of aromatic nitrogens is 1. The Morgan fingerprint density at radius 1 is 1.57 bits per heavy atom. The summed E-state index contributed by atoms with van der Waals surface area (Å²) < 4.78 is 0. The van der Waals surface area contributed by atoms with Crippen LogP contribution >= 0.6 is 0 Å². The first kappa shape index (κ1) is 9.43. The molecule has 76 valence electrons. The van der Waals surface area contributed by atoms with E-state index in [4.69, 9.17) is 5.73 Å². The van der Waals surface area contributed by atoms with Crippen LogP contribution < -0.4 is 10.6 Å². The Labute approximate surface area is 83.4 Å². The highest BCUT2D eigenvalue weighted by atomic mass is 16.3. The van der Waals surface area contributed by atoms with Gasteiger partial charge < -0.3 is 15.7 Å². The van der Waals surface area contributed by atoms with Gasteiger partial charge in [0.05, 0.1) is 23.7 Å². The zero-order chi connectivity index (χ0) is 9.97. The highest BCUT2D eigenvalue weighted by Gasteiger charge is 2.20. The number of anilines is 1. The summed E-state index contributed by atoms with van der Waals surface area (Å²) in [5.74, 6) is 0. The summed E-state index contributed by atoms with van der Waals surface area (Å²) in [7, 11) is 0. The number of nitrogens with zero attached hydrogens (tertiary/aromatic N) is 2. The minimum atomic E-state index is -0.191. The average molecular weight is 193 g/mol. The zero-order valence-electron chi connectivity index (χ0n) is 8.06. The van der Waals surface area contributed by atoms with Crippen LogP contribution in [0.5, 0.6) is 0 Å². The number of rotatable bonds is 2. The van der Waals surface area contributed by atoms with E-state index in [0.717, 1.165) is 24.3 Å². The number of hydrogen-bond acceptors (Lipinski definition) is 4. The van der Waals surface area contributed by atoms with E-state index in [1.54, 1.807) is 0 Å². The fourth-order valence-electron chi connectivity index (χ4n) is 1.70. The lowest BCUT2D eigenvalue weighted by atomic mass is 10.3. The summed E-state index contributed by atoms with van der Waals surface area (Å²) in [6.07, 6.45) is 2.47. The first-order valence-corrected chi connectivity index (χ1v) is 4.87. The summed E-state index contributed by atoms with van der Waals surface area (Å²) in [6, 6.07) is 3.94. The first-order chi connectivity index (χ1) is 6.79. The van der Waals surface area contributed by atoms with Crippen molar-refractivity contribution >= 4 is 5.69 Å². The molecule has 1 fully saturated rings. The van der Waals surface area contributed by atoms with Gasteiger partial charge >= 0.3 is 0 Å². The van der Waals surface area contributed by atoms with Crippen molar-refractivity contribution in [3.63, 3.8) is 0 Å². The lowest BCUT2D eigenvalue weighted by Crippen LogP contribution is -2.21. The molecule has 1 atom stereocenters. The predicted molar refractivity (Wildman–Crippen MR) is 55.0 cm³/mol. The van der Waals surface area contributed by atoms with Gasteiger partial charge in [0.1, 0.15) is 0 Å². The Kier molecular flexibility index (Phi) is 2.65. The van der Waals surface area contributed by atoms with Gasteiger partial charge in [0.25, 0.3) is 0 Å². The average Bonchev–Trinajstić information content (AvgIpc) is 2.65. The van der Waals surface area contributed by atoms with E-state index in [0.29, 0.717) is 13.1 Å². The molecular weight excluding hydrogens is 178 g/mol. The van der Waals surface area contributed by atoms with Crippen molar-refractivity contribution in [2.75, 3.05) is 18.0 Å². The first-order valence-electron chi connectivity index (χ1n) is 4.87. The molecule has 1 saturated heterocycles. The molecule has 14 heavy (non-hydrogen) atoms. The number of hydrogen-bond donors (Lipinski definition) is 2. The molecule has 3 N–H and O–H groups in total. The third-order valence-corrected chi connectivity index (χ3v) is 2.55. The standard InChI is InChI=1S/C10H15N3O/c11-5-8-1-2-9(6-12-8)13-4-3-10(14)7-13/h1-2,6,10,14H,3-5,7,11H2. The second kappa shape index (κ2) is 3.94. The molecule has 0 bridgehead atoms. The van der Waals surface area contributed by atoms with Crippen LogP contribution in [0.1, 0.15) is 12.1 Å². The minimum absolute atomic E-state index is 0.191. The number of pyridine rings is 1. The Hall–Kier alpha value is -1.13. The summed E-state index contributed by atoms with van der Waals surface area (Å²) in [6.45, 7) is 2.09. The number of β-amino-alcohol motifs (C(OH)–C–C–N with tert-alkyl or cyclic N) is 1. The maximum absolute atomic E-state index is 9.38. The predicted octanol–water partition coefficient (Wildman–Crippen LogP) is 0.111. The molecule has 2 heterocycles. The van der Waals surface area contributed by atoms with Gasteiger partial charge in [0.2, 0.25) is 0 Å². The molecule has 1 aromatic heterocycles. The second-order valence-corrected chi connectivity index (χ2v) is 3.60. The third kappa shape index (κ3) is 1.86. The quantitative estimate of drug-likeness (QED) is 0.700. The summed E-state index contributed by atoms with van der Waals surface area (Å²) in [4.78, 5) is 6.36. The van der Waals surface area contributed by atoms with Crippen molar-refractivity contribution in [1.29, 1.82) is 0 Å². The van der Waals surface area contributed by atoms with Crippen molar-refractivity contribution in [2.45, 2.75) is 19.1 Å². The van der Waals surface area contributed by atoms with Gasteiger partial charge in [-0.05, 0) is 18.6 Å². The van der Waals surface area contributed by atoms with Crippen molar-refractivity contribution in [1.82, 2.24) is 4.98 Å². The highest BCUT2D eigenvalue weighted by Crippen LogP contribution is 2.19. The van der Waals surface area contributed by atoms with E-state index < -0.39 is 0 Å². The number of aliphatic hydroxyl groups excluding tert-OH is 1. The van der Waals surface area contributed by atoms with E-state index in [9.17, 15) is 5.11 Å². The molecule has 0 spiro atoms. The van der Waals surface area contributed by atoms with Crippen LogP contribution in [0.15, 0.2) is 18.3 Å². The van der Waals surface area contributed by atoms with Crippen LogP contribution in [0, 0.1) is 0 Å². The lowest BCUT2D eigenvalue weighted by molar-refractivity contribution is 0.198. The second-order valence-electron chi connectivity index (χ2n) is 3.60. The monoisotopic (exact) mass is 193 g/mol. The maximum Gasteiger partial charge on any atom is 0.0731 e. The summed E-state index contributed by atoms with van der Waals surface area (Å²) in [5.41, 5.74) is 7.42. The Balaban J connectivity index is 2.09. The molecule has 1 aliphatic rings. The van der Waals surface area contributed by atoms with Crippen LogP contribution in [0.2, 0.25) is 0 Å². The van der Waals surface area contributed by atoms with Gasteiger partial charge in [-0.3, -0.25) is 4.98 Å². The number of nitrogens with two attached hydrogens (primary N) is 1. The molecule has 1 unspecified atom stereocenters. The van der Waals surface area contributed by atoms with Crippen molar-refractivity contribution in [3.05, 3.63) is 24.0 Å². The Bertz CT molecular complexity index is 299.